The van der Waals surface area contributed by atoms with Gasteiger partial charge in [0.05, 0.1) is 31.6 Å². The number of hydrogen-bond donors (Lipinski definition) is 0. The van der Waals surface area contributed by atoms with E-state index >= 15 is 0 Å². The largest absolute Gasteiger partial charge is 0.372 e. The molecule has 7 heteroatoms. The van der Waals surface area contributed by atoms with E-state index in [1.807, 2.05) is 17.0 Å². The molecule has 2 aromatic rings. The van der Waals surface area contributed by atoms with Crippen LogP contribution in [0.1, 0.15) is 28.9 Å². The summed E-state index contributed by atoms with van der Waals surface area (Å²) in [6.45, 7) is 1.59. The Hall–Kier alpha value is -2.38. The SMILES string of the molecule is O=C(c1cnccn1)N1CCO[C@H]2[C@H](OCc3cccnc3)CC[C@@H]21. The summed E-state index contributed by atoms with van der Waals surface area (Å²) >= 11 is 0. The number of fused-ring (bicyclic) bond motifs is 1. The van der Waals surface area contributed by atoms with Crippen LogP contribution in [-0.4, -0.2) is 57.2 Å². The van der Waals surface area contributed by atoms with Crippen LogP contribution >= 0.6 is 0 Å². The summed E-state index contributed by atoms with van der Waals surface area (Å²) in [6, 6.07) is 3.92. The highest BCUT2D eigenvalue weighted by Crippen LogP contribution is 2.33. The highest BCUT2D eigenvalue weighted by atomic mass is 16.5. The van der Waals surface area contributed by atoms with Gasteiger partial charge in [-0.05, 0) is 24.5 Å². The van der Waals surface area contributed by atoms with Crippen LogP contribution in [0.4, 0.5) is 0 Å². The number of pyridine rings is 1. The van der Waals surface area contributed by atoms with Gasteiger partial charge in [0.1, 0.15) is 11.8 Å². The maximum atomic E-state index is 12.7. The molecular weight excluding hydrogens is 320 g/mol. The first-order valence-electron chi connectivity index (χ1n) is 8.52. The topological polar surface area (TPSA) is 77.4 Å². The quantitative estimate of drug-likeness (QED) is 0.839. The fourth-order valence-corrected chi connectivity index (χ4v) is 3.59. The van der Waals surface area contributed by atoms with Crippen molar-refractivity contribution in [3.05, 3.63) is 54.4 Å². The summed E-state index contributed by atoms with van der Waals surface area (Å²) in [5.74, 6) is -0.0840. The molecule has 3 heterocycles. The molecule has 1 saturated carbocycles. The highest BCUT2D eigenvalue weighted by Gasteiger charge is 2.45. The van der Waals surface area contributed by atoms with Gasteiger partial charge in [-0.15, -0.1) is 0 Å². The number of carbonyl (C=O) groups excluding carboxylic acids is 1. The van der Waals surface area contributed by atoms with E-state index in [9.17, 15) is 4.79 Å². The number of hydrogen-bond acceptors (Lipinski definition) is 6. The second-order valence-corrected chi connectivity index (χ2v) is 6.28. The van der Waals surface area contributed by atoms with Crippen LogP contribution in [0.5, 0.6) is 0 Å². The first-order valence-corrected chi connectivity index (χ1v) is 8.52. The van der Waals surface area contributed by atoms with E-state index in [1.165, 1.54) is 6.20 Å². The molecule has 1 aliphatic carbocycles. The van der Waals surface area contributed by atoms with E-state index < -0.39 is 0 Å². The summed E-state index contributed by atoms with van der Waals surface area (Å²) in [6.07, 6.45) is 9.81. The predicted octanol–water partition coefficient (Wildman–Crippen LogP) is 1.46. The number of morpholine rings is 1. The molecule has 1 amide bonds. The Bertz CT molecular complexity index is 713. The highest BCUT2D eigenvalue weighted by molar-refractivity contribution is 5.92. The van der Waals surface area contributed by atoms with Crippen LogP contribution < -0.4 is 0 Å². The minimum atomic E-state index is -0.0916. The van der Waals surface area contributed by atoms with Gasteiger partial charge in [-0.25, -0.2) is 4.98 Å². The van der Waals surface area contributed by atoms with Gasteiger partial charge in [0.2, 0.25) is 0 Å². The Morgan fingerprint density at radius 2 is 2.16 bits per heavy atom. The second-order valence-electron chi connectivity index (χ2n) is 6.28. The molecular formula is C18H20N4O3. The van der Waals surface area contributed by atoms with Gasteiger partial charge in [0.15, 0.2) is 0 Å². The van der Waals surface area contributed by atoms with Crippen molar-refractivity contribution in [3.8, 4) is 0 Å². The van der Waals surface area contributed by atoms with E-state index in [1.54, 1.807) is 24.8 Å². The molecule has 1 saturated heterocycles. The maximum absolute atomic E-state index is 12.7. The van der Waals surface area contributed by atoms with Crippen molar-refractivity contribution in [2.75, 3.05) is 13.2 Å². The van der Waals surface area contributed by atoms with Crippen molar-refractivity contribution in [3.63, 3.8) is 0 Å². The summed E-state index contributed by atoms with van der Waals surface area (Å²) in [4.78, 5) is 26.8. The fraction of sp³-hybridized carbons (Fsp3) is 0.444. The number of ether oxygens (including phenoxy) is 2. The van der Waals surface area contributed by atoms with Crippen LogP contribution in [-0.2, 0) is 16.1 Å². The second kappa shape index (κ2) is 7.25. The molecule has 2 aliphatic rings. The molecule has 130 valence electrons. The van der Waals surface area contributed by atoms with Gasteiger partial charge >= 0.3 is 0 Å². The first kappa shape index (κ1) is 16.1. The van der Waals surface area contributed by atoms with Gasteiger partial charge in [0.25, 0.3) is 5.91 Å². The molecule has 0 unspecified atom stereocenters. The van der Waals surface area contributed by atoms with Crippen LogP contribution in [0.15, 0.2) is 43.1 Å². The standard InChI is InChI=1S/C18H20N4O3/c23-18(14-11-20-6-7-21-14)22-8-9-24-17-15(22)3-4-16(17)25-12-13-2-1-5-19-10-13/h1-2,5-7,10-11,15-17H,3-4,8-9,12H2/t15-,16+,17+/m0/s1. The number of amides is 1. The van der Waals surface area contributed by atoms with Crippen molar-refractivity contribution >= 4 is 5.91 Å². The normalized spacial score (nSPS) is 25.6. The lowest BCUT2D eigenvalue weighted by atomic mass is 10.1. The van der Waals surface area contributed by atoms with Crippen LogP contribution in [0.2, 0.25) is 0 Å². The fourth-order valence-electron chi connectivity index (χ4n) is 3.59. The minimum absolute atomic E-state index is 0.0114. The zero-order valence-corrected chi connectivity index (χ0v) is 13.8. The van der Waals surface area contributed by atoms with Crippen molar-refractivity contribution in [1.29, 1.82) is 0 Å². The first-order chi connectivity index (χ1) is 12.3. The maximum Gasteiger partial charge on any atom is 0.274 e. The molecule has 0 aromatic carbocycles. The van der Waals surface area contributed by atoms with E-state index in [4.69, 9.17) is 9.47 Å². The molecule has 0 radical (unpaired) electrons. The third-order valence-corrected chi connectivity index (χ3v) is 4.77. The number of rotatable bonds is 4. The molecule has 1 aliphatic heterocycles. The molecule has 0 N–H and O–H groups in total. The van der Waals surface area contributed by atoms with Gasteiger partial charge in [-0.2, -0.15) is 0 Å². The Kier molecular flexibility index (Phi) is 4.67. The molecule has 0 spiro atoms. The number of carbonyl (C=O) groups is 1. The van der Waals surface area contributed by atoms with Crippen molar-refractivity contribution in [2.45, 2.75) is 37.7 Å². The van der Waals surface area contributed by atoms with Crippen molar-refractivity contribution < 1.29 is 14.3 Å². The van der Waals surface area contributed by atoms with Crippen LogP contribution in [0.25, 0.3) is 0 Å². The Balaban J connectivity index is 1.42. The third-order valence-electron chi connectivity index (χ3n) is 4.77. The monoisotopic (exact) mass is 340 g/mol. The zero-order chi connectivity index (χ0) is 17.1. The lowest BCUT2D eigenvalue weighted by Gasteiger charge is -2.38. The van der Waals surface area contributed by atoms with E-state index in [2.05, 4.69) is 15.0 Å². The lowest BCUT2D eigenvalue weighted by Crippen LogP contribution is -2.54. The zero-order valence-electron chi connectivity index (χ0n) is 13.8. The van der Waals surface area contributed by atoms with Crippen molar-refractivity contribution in [2.24, 2.45) is 0 Å². The molecule has 25 heavy (non-hydrogen) atoms. The summed E-state index contributed by atoms with van der Waals surface area (Å²) < 4.78 is 12.0. The summed E-state index contributed by atoms with van der Waals surface area (Å²) in [5.41, 5.74) is 1.41. The van der Waals surface area contributed by atoms with Crippen LogP contribution in [0.3, 0.4) is 0 Å². The molecule has 0 bridgehead atoms. The summed E-state index contributed by atoms with van der Waals surface area (Å²) in [5, 5.41) is 0. The molecule has 2 aromatic heterocycles. The van der Waals surface area contributed by atoms with Crippen LogP contribution in [0, 0.1) is 0 Å². The van der Waals surface area contributed by atoms with Gasteiger partial charge in [-0.3, -0.25) is 14.8 Å². The van der Waals surface area contributed by atoms with Gasteiger partial charge < -0.3 is 14.4 Å². The molecule has 2 fully saturated rings. The molecule has 7 nitrogen and oxygen atoms in total. The molecule has 4 rings (SSSR count). The van der Waals surface area contributed by atoms with Gasteiger partial charge in [0, 0.05) is 31.3 Å². The Morgan fingerprint density at radius 1 is 1.24 bits per heavy atom. The predicted molar refractivity (Wildman–Crippen MR) is 88.6 cm³/mol. The lowest BCUT2D eigenvalue weighted by molar-refractivity contribution is -0.108. The smallest absolute Gasteiger partial charge is 0.274 e. The van der Waals surface area contributed by atoms with E-state index in [0.29, 0.717) is 25.5 Å². The average molecular weight is 340 g/mol. The average Bonchev–Trinajstić information content (AvgIpc) is 3.10. The van der Waals surface area contributed by atoms with Crippen molar-refractivity contribution in [1.82, 2.24) is 19.9 Å². The van der Waals surface area contributed by atoms with E-state index in [-0.39, 0.29) is 24.2 Å². The Morgan fingerprint density at radius 3 is 2.96 bits per heavy atom. The Labute approximate surface area is 146 Å². The minimum Gasteiger partial charge on any atom is -0.372 e. The summed E-state index contributed by atoms with van der Waals surface area (Å²) in [7, 11) is 0. The number of nitrogens with zero attached hydrogens (tertiary/aromatic N) is 4. The molecule has 3 atom stereocenters. The third kappa shape index (κ3) is 3.38. The number of aromatic nitrogens is 3. The van der Waals surface area contributed by atoms with Gasteiger partial charge in [-0.1, -0.05) is 6.07 Å². The van der Waals surface area contributed by atoms with E-state index in [0.717, 1.165) is 18.4 Å².